The summed E-state index contributed by atoms with van der Waals surface area (Å²) in [4.78, 5) is 36.5. The van der Waals surface area contributed by atoms with Gasteiger partial charge in [-0.3, -0.25) is 24.7 Å². The normalized spacial score (nSPS) is 27.3. The van der Waals surface area contributed by atoms with E-state index < -0.39 is 27.1 Å². The highest BCUT2D eigenvalue weighted by Crippen LogP contribution is 2.42. The molecule has 2 fully saturated rings. The third kappa shape index (κ3) is 3.84. The molecule has 2 aromatic rings. The lowest BCUT2D eigenvalue weighted by Gasteiger charge is -2.29. The lowest BCUT2D eigenvalue weighted by atomic mass is 9.98. The standard InChI is InChI=1S/C22H20N4O4S2/c1-30-14-9-7-13(8-10-14)16-11-15(12-5-3-2-4-6-12)25-26(16)21-23-19(27)17(31-21)18-20(28)24-22(29)32-18/h2-10,16-18,21H,11H2,1H3,(H,23,27)(H,24,28,29)/t16-,17+,18-,21+/m1/s1. The number of hydrazone groups is 1. The molecule has 0 aliphatic carbocycles. The molecular weight excluding hydrogens is 448 g/mol. The molecule has 10 heteroatoms. The molecule has 2 aromatic carbocycles. The van der Waals surface area contributed by atoms with Crippen LogP contribution in [-0.4, -0.2) is 50.9 Å². The van der Waals surface area contributed by atoms with Gasteiger partial charge in [0.2, 0.25) is 11.8 Å². The SMILES string of the molecule is COc1ccc([C@H]2CC(c3ccccc3)=NN2[C@@H]2NC(=O)[C@H]([C@H]3SC(=O)NC3=O)S2)cc1. The van der Waals surface area contributed by atoms with Gasteiger partial charge >= 0.3 is 0 Å². The average Bonchev–Trinajstić information content (AvgIpc) is 3.50. The molecule has 0 radical (unpaired) electrons. The molecule has 164 valence electrons. The maximum absolute atomic E-state index is 12.7. The maximum atomic E-state index is 12.7. The third-order valence-electron chi connectivity index (χ3n) is 5.58. The van der Waals surface area contributed by atoms with Crippen molar-refractivity contribution in [3.63, 3.8) is 0 Å². The Bertz CT molecular complexity index is 1090. The molecule has 0 unspecified atom stereocenters. The Morgan fingerprint density at radius 2 is 1.75 bits per heavy atom. The molecule has 3 aliphatic rings. The third-order valence-corrected chi connectivity index (χ3v) is 8.18. The zero-order valence-corrected chi connectivity index (χ0v) is 18.7. The minimum Gasteiger partial charge on any atom is -0.497 e. The minimum atomic E-state index is -0.739. The summed E-state index contributed by atoms with van der Waals surface area (Å²) >= 11 is 2.19. The van der Waals surface area contributed by atoms with Crippen molar-refractivity contribution in [2.45, 2.75) is 28.5 Å². The van der Waals surface area contributed by atoms with Crippen molar-refractivity contribution in [3.05, 3.63) is 65.7 Å². The van der Waals surface area contributed by atoms with Crippen molar-refractivity contribution in [1.29, 1.82) is 0 Å². The molecule has 32 heavy (non-hydrogen) atoms. The van der Waals surface area contributed by atoms with Crippen molar-refractivity contribution in [2.75, 3.05) is 7.11 Å². The summed E-state index contributed by atoms with van der Waals surface area (Å²) in [6.07, 6.45) is 0.672. The molecule has 0 aromatic heterocycles. The zero-order valence-electron chi connectivity index (χ0n) is 17.1. The van der Waals surface area contributed by atoms with E-state index in [1.165, 1.54) is 11.8 Å². The lowest BCUT2D eigenvalue weighted by molar-refractivity contribution is -0.124. The Labute approximate surface area is 193 Å². The summed E-state index contributed by atoms with van der Waals surface area (Å²) < 4.78 is 5.28. The van der Waals surface area contributed by atoms with Crippen LogP contribution in [0.4, 0.5) is 4.79 Å². The van der Waals surface area contributed by atoms with E-state index in [2.05, 4.69) is 10.6 Å². The van der Waals surface area contributed by atoms with Gasteiger partial charge in [0.05, 0.1) is 18.9 Å². The van der Waals surface area contributed by atoms with E-state index in [0.717, 1.165) is 34.3 Å². The van der Waals surface area contributed by atoms with Crippen molar-refractivity contribution in [3.8, 4) is 5.75 Å². The van der Waals surface area contributed by atoms with E-state index in [1.54, 1.807) is 7.11 Å². The van der Waals surface area contributed by atoms with Crippen LogP contribution in [0.3, 0.4) is 0 Å². The maximum Gasteiger partial charge on any atom is 0.286 e. The number of imide groups is 1. The molecule has 0 bridgehead atoms. The Morgan fingerprint density at radius 3 is 2.41 bits per heavy atom. The molecule has 0 saturated carbocycles. The fourth-order valence-electron chi connectivity index (χ4n) is 3.99. The van der Waals surface area contributed by atoms with Crippen LogP contribution in [0, 0.1) is 0 Å². The second kappa shape index (κ2) is 8.51. The average molecular weight is 469 g/mol. The lowest BCUT2D eigenvalue weighted by Crippen LogP contribution is -2.40. The van der Waals surface area contributed by atoms with E-state index in [0.29, 0.717) is 6.42 Å². The van der Waals surface area contributed by atoms with Crippen molar-refractivity contribution >= 4 is 46.3 Å². The topological polar surface area (TPSA) is 100 Å². The van der Waals surface area contributed by atoms with Crippen molar-refractivity contribution in [1.82, 2.24) is 15.6 Å². The molecule has 3 amide bonds. The first-order valence-corrected chi connectivity index (χ1v) is 11.9. The number of ether oxygens (including phenoxy) is 1. The first-order valence-electron chi connectivity index (χ1n) is 10.1. The van der Waals surface area contributed by atoms with Gasteiger partial charge in [0, 0.05) is 6.42 Å². The van der Waals surface area contributed by atoms with E-state index in [1.807, 2.05) is 59.6 Å². The highest BCUT2D eigenvalue weighted by Gasteiger charge is 2.49. The predicted octanol–water partition coefficient (Wildman–Crippen LogP) is 2.71. The van der Waals surface area contributed by atoms with Gasteiger partial charge in [-0.25, -0.2) is 0 Å². The zero-order chi connectivity index (χ0) is 22.2. The van der Waals surface area contributed by atoms with Crippen molar-refractivity contribution in [2.24, 2.45) is 5.10 Å². The van der Waals surface area contributed by atoms with Crippen LogP contribution >= 0.6 is 23.5 Å². The monoisotopic (exact) mass is 468 g/mol. The second-order valence-corrected chi connectivity index (χ2v) is 9.86. The Kier molecular flexibility index (Phi) is 5.56. The van der Waals surface area contributed by atoms with E-state index >= 15 is 0 Å². The number of carbonyl (C=O) groups is 3. The number of nitrogens with one attached hydrogen (secondary N) is 2. The van der Waals surface area contributed by atoms with Crippen LogP contribution in [0.5, 0.6) is 5.75 Å². The fourth-order valence-corrected chi connectivity index (χ4v) is 6.39. The van der Waals surface area contributed by atoms with Gasteiger partial charge in [-0.05, 0) is 35.0 Å². The summed E-state index contributed by atoms with van der Waals surface area (Å²) in [6.45, 7) is 0. The number of hydrogen-bond donors (Lipinski definition) is 2. The van der Waals surface area contributed by atoms with Crippen molar-refractivity contribution < 1.29 is 19.1 Å². The molecule has 3 heterocycles. The van der Waals surface area contributed by atoms with Gasteiger partial charge in [-0.15, -0.1) is 0 Å². The fraction of sp³-hybridized carbons (Fsp3) is 0.273. The molecule has 2 N–H and O–H groups in total. The first-order chi connectivity index (χ1) is 15.5. The molecule has 8 nitrogen and oxygen atoms in total. The number of hydrogen-bond acceptors (Lipinski definition) is 8. The van der Waals surface area contributed by atoms with Gasteiger partial charge in [0.15, 0.2) is 5.50 Å². The number of rotatable bonds is 5. The molecule has 5 rings (SSSR count). The smallest absolute Gasteiger partial charge is 0.286 e. The van der Waals surface area contributed by atoms with E-state index in [-0.39, 0.29) is 11.9 Å². The Morgan fingerprint density at radius 1 is 1.00 bits per heavy atom. The van der Waals surface area contributed by atoms with Gasteiger partial charge in [0.25, 0.3) is 5.24 Å². The highest BCUT2D eigenvalue weighted by atomic mass is 32.2. The molecular formula is C22H20N4O4S2. The van der Waals surface area contributed by atoms with Gasteiger partial charge < -0.3 is 10.1 Å². The van der Waals surface area contributed by atoms with Crippen LogP contribution in [0.1, 0.15) is 23.6 Å². The molecule has 0 spiro atoms. The molecule has 2 saturated heterocycles. The van der Waals surface area contributed by atoms with E-state index in [4.69, 9.17) is 9.84 Å². The Balaban J connectivity index is 1.44. The summed E-state index contributed by atoms with van der Waals surface area (Å²) in [5.74, 6) is 0.0779. The number of nitrogens with zero attached hydrogens (tertiary/aromatic N) is 2. The van der Waals surface area contributed by atoms with Gasteiger partial charge in [-0.2, -0.15) is 5.10 Å². The number of amides is 3. The summed E-state index contributed by atoms with van der Waals surface area (Å²) in [7, 11) is 1.63. The first kappa shape index (κ1) is 20.9. The second-order valence-electron chi connectivity index (χ2n) is 7.52. The largest absolute Gasteiger partial charge is 0.497 e. The van der Waals surface area contributed by atoms with Crippen LogP contribution in [0.2, 0.25) is 0 Å². The van der Waals surface area contributed by atoms with Crippen LogP contribution in [0.15, 0.2) is 59.7 Å². The minimum absolute atomic E-state index is 0.0978. The quantitative estimate of drug-likeness (QED) is 0.696. The summed E-state index contributed by atoms with van der Waals surface area (Å²) in [5, 5.41) is 10.2. The van der Waals surface area contributed by atoms with Gasteiger partial charge in [-0.1, -0.05) is 54.2 Å². The number of methoxy groups -OCH3 is 1. The molecule has 4 atom stereocenters. The summed E-state index contributed by atoms with van der Waals surface area (Å²) in [6, 6.07) is 17.6. The van der Waals surface area contributed by atoms with Crippen LogP contribution in [0.25, 0.3) is 0 Å². The van der Waals surface area contributed by atoms with Gasteiger partial charge in [0.1, 0.15) is 16.2 Å². The van der Waals surface area contributed by atoms with E-state index in [9.17, 15) is 14.4 Å². The van der Waals surface area contributed by atoms with Crippen LogP contribution < -0.4 is 15.4 Å². The highest BCUT2D eigenvalue weighted by molar-refractivity contribution is 8.16. The predicted molar refractivity (Wildman–Crippen MR) is 123 cm³/mol. The number of thioether (sulfide) groups is 2. The summed E-state index contributed by atoms with van der Waals surface area (Å²) in [5.41, 5.74) is 2.54. The molecule has 3 aliphatic heterocycles. The van der Waals surface area contributed by atoms with Crippen LogP contribution in [-0.2, 0) is 9.59 Å². The number of carbonyl (C=O) groups excluding carboxylic acids is 3. The Hall–Kier alpha value is -2.98. The number of benzene rings is 2.